The highest BCUT2D eigenvalue weighted by Crippen LogP contribution is 2.33. The molecule has 3 nitrogen and oxygen atoms in total. The van der Waals surface area contributed by atoms with E-state index in [-0.39, 0.29) is 12.4 Å². The molecule has 0 bridgehead atoms. The molecule has 0 N–H and O–H groups in total. The third kappa shape index (κ3) is 2.69. The molecular weight excluding hydrogens is 309 g/mol. The normalized spacial score (nSPS) is 10.5. The van der Waals surface area contributed by atoms with Gasteiger partial charge in [0.25, 0.3) is 0 Å². The van der Waals surface area contributed by atoms with Crippen molar-refractivity contribution in [3.05, 3.63) is 63.8 Å². The van der Waals surface area contributed by atoms with Crippen LogP contribution in [0.2, 0.25) is 10.0 Å². The third-order valence-corrected chi connectivity index (χ3v) is 3.63. The van der Waals surface area contributed by atoms with Gasteiger partial charge in [0.15, 0.2) is 5.75 Å². The fraction of sp³-hybridized carbons (Fsp3) is 0.0625. The molecule has 0 amide bonds. The van der Waals surface area contributed by atoms with Crippen molar-refractivity contribution < 1.29 is 9.15 Å². The maximum Gasteiger partial charge on any atom is 0.246 e. The van der Waals surface area contributed by atoms with Crippen molar-refractivity contribution in [3.8, 4) is 11.8 Å². The molecule has 2 aromatic carbocycles. The summed E-state index contributed by atoms with van der Waals surface area (Å²) in [6, 6.07) is 14.5. The van der Waals surface area contributed by atoms with E-state index in [9.17, 15) is 0 Å². The number of benzene rings is 2. The fourth-order valence-corrected chi connectivity index (χ4v) is 2.49. The number of ether oxygens (including phenoxy) is 1. The van der Waals surface area contributed by atoms with Crippen LogP contribution in [0.4, 0.5) is 0 Å². The van der Waals surface area contributed by atoms with Crippen LogP contribution in [0.5, 0.6) is 5.75 Å². The Morgan fingerprint density at radius 1 is 1.14 bits per heavy atom. The predicted molar refractivity (Wildman–Crippen MR) is 81.7 cm³/mol. The van der Waals surface area contributed by atoms with Crippen molar-refractivity contribution >= 4 is 34.2 Å². The van der Waals surface area contributed by atoms with Gasteiger partial charge in [-0.2, -0.15) is 5.26 Å². The van der Waals surface area contributed by atoms with E-state index in [1.165, 1.54) is 0 Å². The molecule has 5 heteroatoms. The van der Waals surface area contributed by atoms with E-state index in [4.69, 9.17) is 37.6 Å². The lowest BCUT2D eigenvalue weighted by molar-refractivity contribution is 0.304. The number of fused-ring (bicyclic) bond motifs is 1. The maximum atomic E-state index is 9.14. The summed E-state index contributed by atoms with van der Waals surface area (Å²) in [6.45, 7) is 0.230. The van der Waals surface area contributed by atoms with E-state index >= 15 is 0 Å². The zero-order valence-electron chi connectivity index (χ0n) is 10.8. The standard InChI is InChI=1S/C16H9Cl2NO2/c17-11-6-5-10(13(18)7-11)9-20-16-12-3-1-2-4-14(12)21-15(16)8-19/h1-7H,9H2. The summed E-state index contributed by atoms with van der Waals surface area (Å²) >= 11 is 12.0. The van der Waals surface area contributed by atoms with Crippen molar-refractivity contribution in [3.63, 3.8) is 0 Å². The minimum Gasteiger partial charge on any atom is -0.483 e. The average molecular weight is 318 g/mol. The largest absolute Gasteiger partial charge is 0.483 e. The van der Waals surface area contributed by atoms with Gasteiger partial charge in [-0.25, -0.2) is 0 Å². The SMILES string of the molecule is N#Cc1oc2ccccc2c1OCc1ccc(Cl)cc1Cl. The molecule has 0 unspecified atom stereocenters. The van der Waals surface area contributed by atoms with Gasteiger partial charge in [-0.3, -0.25) is 0 Å². The molecule has 0 aliphatic carbocycles. The number of rotatable bonds is 3. The number of hydrogen-bond donors (Lipinski definition) is 0. The molecule has 104 valence electrons. The quantitative estimate of drug-likeness (QED) is 0.667. The molecule has 3 rings (SSSR count). The lowest BCUT2D eigenvalue weighted by Gasteiger charge is -2.07. The Hall–Kier alpha value is -2.15. The molecule has 0 atom stereocenters. The summed E-state index contributed by atoms with van der Waals surface area (Å²) in [5.41, 5.74) is 1.40. The van der Waals surface area contributed by atoms with Gasteiger partial charge >= 0.3 is 0 Å². The van der Waals surface area contributed by atoms with Gasteiger partial charge in [-0.1, -0.05) is 41.4 Å². The molecule has 0 saturated carbocycles. The third-order valence-electron chi connectivity index (χ3n) is 3.04. The van der Waals surface area contributed by atoms with Crippen LogP contribution in [-0.2, 0) is 6.61 Å². The summed E-state index contributed by atoms with van der Waals surface area (Å²) in [4.78, 5) is 0. The minimum atomic E-state index is 0.154. The van der Waals surface area contributed by atoms with Gasteiger partial charge in [0.1, 0.15) is 18.3 Å². The lowest BCUT2D eigenvalue weighted by Crippen LogP contribution is -1.97. The second kappa shape index (κ2) is 5.69. The van der Waals surface area contributed by atoms with E-state index in [0.29, 0.717) is 21.4 Å². The topological polar surface area (TPSA) is 46.2 Å². The highest BCUT2D eigenvalue weighted by molar-refractivity contribution is 6.35. The zero-order valence-corrected chi connectivity index (χ0v) is 12.3. The molecule has 3 aromatic rings. The van der Waals surface area contributed by atoms with E-state index < -0.39 is 0 Å². The van der Waals surface area contributed by atoms with E-state index in [1.54, 1.807) is 24.3 Å². The molecule has 0 radical (unpaired) electrons. The van der Waals surface area contributed by atoms with E-state index in [2.05, 4.69) is 0 Å². The smallest absolute Gasteiger partial charge is 0.246 e. The first-order valence-corrected chi connectivity index (χ1v) is 6.93. The molecular formula is C16H9Cl2NO2. The Kier molecular flexibility index (Phi) is 3.74. The number of para-hydroxylation sites is 1. The van der Waals surface area contributed by atoms with Crippen LogP contribution in [0.25, 0.3) is 11.0 Å². The highest BCUT2D eigenvalue weighted by atomic mass is 35.5. The van der Waals surface area contributed by atoms with Gasteiger partial charge in [-0.15, -0.1) is 0 Å². The van der Waals surface area contributed by atoms with Gasteiger partial charge in [0, 0.05) is 15.6 Å². The maximum absolute atomic E-state index is 9.14. The molecule has 1 aromatic heterocycles. The van der Waals surface area contributed by atoms with Gasteiger partial charge in [-0.05, 0) is 24.3 Å². The van der Waals surface area contributed by atoms with E-state index in [1.807, 2.05) is 24.3 Å². The van der Waals surface area contributed by atoms with Crippen LogP contribution in [0.3, 0.4) is 0 Å². The van der Waals surface area contributed by atoms with Gasteiger partial charge < -0.3 is 9.15 Å². The van der Waals surface area contributed by atoms with Crippen molar-refractivity contribution in [2.75, 3.05) is 0 Å². The monoisotopic (exact) mass is 317 g/mol. The average Bonchev–Trinajstić information content (AvgIpc) is 2.84. The van der Waals surface area contributed by atoms with Crippen LogP contribution in [-0.4, -0.2) is 0 Å². The first-order valence-electron chi connectivity index (χ1n) is 6.17. The van der Waals surface area contributed by atoms with Gasteiger partial charge in [0.2, 0.25) is 5.76 Å². The van der Waals surface area contributed by atoms with Crippen LogP contribution >= 0.6 is 23.2 Å². The Morgan fingerprint density at radius 3 is 2.71 bits per heavy atom. The number of hydrogen-bond acceptors (Lipinski definition) is 3. The Labute approximate surface area is 131 Å². The Morgan fingerprint density at radius 2 is 1.95 bits per heavy atom. The molecule has 0 spiro atoms. The van der Waals surface area contributed by atoms with Crippen LogP contribution in [0, 0.1) is 11.3 Å². The number of halogens is 2. The molecule has 1 heterocycles. The summed E-state index contributed by atoms with van der Waals surface area (Å²) in [5, 5.41) is 11.0. The second-order valence-corrected chi connectivity index (χ2v) is 5.24. The molecule has 21 heavy (non-hydrogen) atoms. The Balaban J connectivity index is 1.93. The van der Waals surface area contributed by atoms with Crippen molar-refractivity contribution in [2.24, 2.45) is 0 Å². The van der Waals surface area contributed by atoms with Crippen molar-refractivity contribution in [2.45, 2.75) is 6.61 Å². The molecule has 0 fully saturated rings. The first kappa shape index (κ1) is 13.8. The number of nitrogens with zero attached hydrogens (tertiary/aromatic N) is 1. The number of nitriles is 1. The first-order chi connectivity index (χ1) is 10.2. The Bertz CT molecular complexity index is 849. The van der Waals surface area contributed by atoms with Gasteiger partial charge in [0.05, 0.1) is 5.39 Å². The van der Waals surface area contributed by atoms with Crippen LogP contribution < -0.4 is 4.74 Å². The minimum absolute atomic E-state index is 0.154. The highest BCUT2D eigenvalue weighted by Gasteiger charge is 2.15. The molecule has 0 aliphatic rings. The lowest BCUT2D eigenvalue weighted by atomic mass is 10.2. The van der Waals surface area contributed by atoms with Crippen LogP contribution in [0.15, 0.2) is 46.9 Å². The zero-order chi connectivity index (χ0) is 14.8. The van der Waals surface area contributed by atoms with E-state index in [0.717, 1.165) is 10.9 Å². The fourth-order valence-electron chi connectivity index (χ4n) is 2.03. The molecule has 0 saturated heterocycles. The summed E-state index contributed by atoms with van der Waals surface area (Å²) in [5.74, 6) is 0.584. The second-order valence-electron chi connectivity index (χ2n) is 4.39. The van der Waals surface area contributed by atoms with Crippen LogP contribution in [0.1, 0.15) is 11.3 Å². The number of furan rings is 1. The summed E-state index contributed by atoms with van der Waals surface area (Å²) in [6.07, 6.45) is 0. The van der Waals surface area contributed by atoms with Crippen molar-refractivity contribution in [1.82, 2.24) is 0 Å². The predicted octanol–water partition coefficient (Wildman–Crippen LogP) is 5.19. The molecule has 0 aliphatic heterocycles. The van der Waals surface area contributed by atoms with Crippen molar-refractivity contribution in [1.29, 1.82) is 5.26 Å². The summed E-state index contributed by atoms with van der Waals surface area (Å²) < 4.78 is 11.2. The summed E-state index contributed by atoms with van der Waals surface area (Å²) in [7, 11) is 0.